The highest BCUT2D eigenvalue weighted by molar-refractivity contribution is 5.65. The number of rotatable bonds is 3. The number of aryl methyl sites for hydroxylation is 1. The van der Waals surface area contributed by atoms with Gasteiger partial charge in [0.15, 0.2) is 0 Å². The first-order valence-corrected chi connectivity index (χ1v) is 4.83. The van der Waals surface area contributed by atoms with Gasteiger partial charge in [0.1, 0.15) is 0 Å². The number of nitrogens with zero attached hydrogens (tertiary/aromatic N) is 1. The first-order chi connectivity index (χ1) is 6.22. The van der Waals surface area contributed by atoms with Crippen molar-refractivity contribution in [3.05, 3.63) is 29.8 Å². The van der Waals surface area contributed by atoms with E-state index in [-0.39, 0.29) is 0 Å². The van der Waals surface area contributed by atoms with Gasteiger partial charge >= 0.3 is 0 Å². The molecule has 0 aliphatic rings. The molecule has 1 aromatic rings. The zero-order chi connectivity index (χ0) is 9.68. The Balaban J connectivity index is 2.64. The van der Waals surface area contributed by atoms with E-state index < -0.39 is 0 Å². The molecule has 0 N–H and O–H groups in total. The Morgan fingerprint density at radius 3 is 2.46 bits per heavy atom. The first kappa shape index (κ1) is 9.97. The lowest BCUT2D eigenvalue weighted by Crippen LogP contribution is -1.91. The molecule has 1 atom stereocenters. The largest absolute Gasteiger partial charge is 0.261 e. The molecule has 0 aromatic heterocycles. The maximum atomic E-state index is 4.39. The summed E-state index contributed by atoms with van der Waals surface area (Å²) in [5.74, 6) is 0.571. The Labute approximate surface area is 80.5 Å². The van der Waals surface area contributed by atoms with E-state index >= 15 is 0 Å². The SMILES string of the molecule is CCC(C)C=Nc1ccc(C)cc1. The minimum Gasteiger partial charge on any atom is -0.261 e. The second-order valence-electron chi connectivity index (χ2n) is 3.50. The van der Waals surface area contributed by atoms with Crippen molar-refractivity contribution in [3.8, 4) is 0 Å². The highest BCUT2D eigenvalue weighted by atomic mass is 14.7. The summed E-state index contributed by atoms with van der Waals surface area (Å²) in [6, 6.07) is 8.27. The van der Waals surface area contributed by atoms with Crippen LogP contribution in [0, 0.1) is 12.8 Å². The van der Waals surface area contributed by atoms with E-state index in [0.717, 1.165) is 12.1 Å². The molecule has 1 rings (SSSR count). The molecule has 0 spiro atoms. The summed E-state index contributed by atoms with van der Waals surface area (Å²) in [6.45, 7) is 6.44. The molecule has 0 fully saturated rings. The van der Waals surface area contributed by atoms with Crippen LogP contribution in [0.15, 0.2) is 29.3 Å². The van der Waals surface area contributed by atoms with Crippen LogP contribution >= 0.6 is 0 Å². The van der Waals surface area contributed by atoms with Crippen LogP contribution in [0.5, 0.6) is 0 Å². The van der Waals surface area contributed by atoms with Gasteiger partial charge in [-0.15, -0.1) is 0 Å². The summed E-state index contributed by atoms with van der Waals surface area (Å²) in [7, 11) is 0. The fraction of sp³-hybridized carbons (Fsp3) is 0.417. The van der Waals surface area contributed by atoms with Crippen LogP contribution in [-0.2, 0) is 0 Å². The average Bonchev–Trinajstić information content (AvgIpc) is 2.16. The predicted molar refractivity (Wildman–Crippen MR) is 58.8 cm³/mol. The highest BCUT2D eigenvalue weighted by Crippen LogP contribution is 2.12. The smallest absolute Gasteiger partial charge is 0.0626 e. The quantitative estimate of drug-likeness (QED) is 0.620. The zero-order valence-corrected chi connectivity index (χ0v) is 8.62. The van der Waals surface area contributed by atoms with E-state index in [0.29, 0.717) is 5.92 Å². The minimum absolute atomic E-state index is 0.571. The Morgan fingerprint density at radius 2 is 1.92 bits per heavy atom. The zero-order valence-electron chi connectivity index (χ0n) is 8.62. The van der Waals surface area contributed by atoms with Gasteiger partial charge in [-0.05, 0) is 31.4 Å². The third kappa shape index (κ3) is 3.41. The van der Waals surface area contributed by atoms with E-state index in [2.05, 4.69) is 37.9 Å². The van der Waals surface area contributed by atoms with Crippen molar-refractivity contribution in [2.24, 2.45) is 10.9 Å². The Kier molecular flexibility index (Phi) is 3.69. The van der Waals surface area contributed by atoms with E-state index in [1.165, 1.54) is 5.56 Å². The number of hydrogen-bond donors (Lipinski definition) is 0. The monoisotopic (exact) mass is 175 g/mol. The Hall–Kier alpha value is -1.11. The third-order valence-corrected chi connectivity index (χ3v) is 2.16. The summed E-state index contributed by atoms with van der Waals surface area (Å²) in [4.78, 5) is 4.39. The van der Waals surface area contributed by atoms with Crippen molar-refractivity contribution in [2.75, 3.05) is 0 Å². The molecule has 1 nitrogen and oxygen atoms in total. The molecule has 0 aliphatic carbocycles. The molecule has 0 saturated carbocycles. The molecular formula is C12H17N. The van der Waals surface area contributed by atoms with E-state index in [4.69, 9.17) is 0 Å². The van der Waals surface area contributed by atoms with E-state index in [1.54, 1.807) is 0 Å². The van der Waals surface area contributed by atoms with Crippen LogP contribution in [0.25, 0.3) is 0 Å². The minimum atomic E-state index is 0.571. The molecule has 0 aliphatic heterocycles. The Morgan fingerprint density at radius 1 is 1.31 bits per heavy atom. The van der Waals surface area contributed by atoms with Crippen LogP contribution < -0.4 is 0 Å². The summed E-state index contributed by atoms with van der Waals surface area (Å²) in [5.41, 5.74) is 2.33. The summed E-state index contributed by atoms with van der Waals surface area (Å²) in [6.07, 6.45) is 3.17. The van der Waals surface area contributed by atoms with Gasteiger partial charge in [0, 0.05) is 6.21 Å². The molecular weight excluding hydrogens is 158 g/mol. The normalized spacial score (nSPS) is 13.5. The molecule has 0 radical (unpaired) electrons. The average molecular weight is 175 g/mol. The van der Waals surface area contributed by atoms with Gasteiger partial charge in [-0.3, -0.25) is 4.99 Å². The fourth-order valence-electron chi connectivity index (χ4n) is 0.950. The van der Waals surface area contributed by atoms with E-state index in [9.17, 15) is 0 Å². The fourth-order valence-corrected chi connectivity index (χ4v) is 0.950. The standard InChI is InChI=1S/C12H17N/c1-4-10(2)9-13-12-7-5-11(3)6-8-12/h5-10H,4H2,1-3H3. The highest BCUT2D eigenvalue weighted by Gasteiger charge is 1.92. The van der Waals surface area contributed by atoms with Gasteiger partial charge < -0.3 is 0 Å². The molecule has 0 bridgehead atoms. The second kappa shape index (κ2) is 4.80. The topological polar surface area (TPSA) is 12.4 Å². The van der Waals surface area contributed by atoms with Crippen LogP contribution in [-0.4, -0.2) is 6.21 Å². The van der Waals surface area contributed by atoms with Crippen LogP contribution in [0.4, 0.5) is 5.69 Å². The maximum absolute atomic E-state index is 4.39. The Bertz CT molecular complexity index is 272. The number of benzene rings is 1. The van der Waals surface area contributed by atoms with Crippen LogP contribution in [0.1, 0.15) is 25.8 Å². The molecule has 0 amide bonds. The molecule has 1 unspecified atom stereocenters. The lowest BCUT2D eigenvalue weighted by molar-refractivity contribution is 0.755. The van der Waals surface area contributed by atoms with Gasteiger partial charge in [0.2, 0.25) is 0 Å². The molecule has 0 heterocycles. The summed E-state index contributed by atoms with van der Waals surface area (Å²) < 4.78 is 0. The molecule has 1 aromatic carbocycles. The van der Waals surface area contributed by atoms with Gasteiger partial charge in [-0.25, -0.2) is 0 Å². The van der Waals surface area contributed by atoms with Gasteiger partial charge in [-0.1, -0.05) is 31.5 Å². The van der Waals surface area contributed by atoms with Crippen LogP contribution in [0.3, 0.4) is 0 Å². The van der Waals surface area contributed by atoms with Crippen molar-refractivity contribution in [3.63, 3.8) is 0 Å². The summed E-state index contributed by atoms with van der Waals surface area (Å²) in [5, 5.41) is 0. The van der Waals surface area contributed by atoms with Crippen molar-refractivity contribution in [1.29, 1.82) is 0 Å². The van der Waals surface area contributed by atoms with Crippen molar-refractivity contribution in [2.45, 2.75) is 27.2 Å². The van der Waals surface area contributed by atoms with Gasteiger partial charge in [0.25, 0.3) is 0 Å². The summed E-state index contributed by atoms with van der Waals surface area (Å²) >= 11 is 0. The molecule has 1 heteroatoms. The maximum Gasteiger partial charge on any atom is 0.0626 e. The van der Waals surface area contributed by atoms with Gasteiger partial charge in [-0.2, -0.15) is 0 Å². The van der Waals surface area contributed by atoms with Crippen molar-refractivity contribution in [1.82, 2.24) is 0 Å². The van der Waals surface area contributed by atoms with E-state index in [1.807, 2.05) is 18.3 Å². The van der Waals surface area contributed by atoms with Crippen LogP contribution in [0.2, 0.25) is 0 Å². The molecule has 0 saturated heterocycles. The molecule has 13 heavy (non-hydrogen) atoms. The second-order valence-corrected chi connectivity index (χ2v) is 3.50. The van der Waals surface area contributed by atoms with Crippen molar-refractivity contribution >= 4 is 11.9 Å². The molecule has 70 valence electrons. The van der Waals surface area contributed by atoms with Gasteiger partial charge in [0.05, 0.1) is 5.69 Å². The lowest BCUT2D eigenvalue weighted by atomic mass is 10.1. The lowest BCUT2D eigenvalue weighted by Gasteiger charge is -1.99. The number of aliphatic imine (C=N–C) groups is 1. The number of hydrogen-bond acceptors (Lipinski definition) is 1. The first-order valence-electron chi connectivity index (χ1n) is 4.83. The predicted octanol–water partition coefficient (Wildman–Crippen LogP) is 3.74. The van der Waals surface area contributed by atoms with Crippen molar-refractivity contribution < 1.29 is 0 Å². The third-order valence-electron chi connectivity index (χ3n) is 2.16.